The molecule has 1 atom stereocenters. The number of aliphatic carboxylic acids is 1. The Labute approximate surface area is 142 Å². The van der Waals surface area contributed by atoms with Gasteiger partial charge in [0.25, 0.3) is 0 Å². The highest BCUT2D eigenvalue weighted by atomic mass is 35.5. The Morgan fingerprint density at radius 1 is 1.08 bits per heavy atom. The Morgan fingerprint density at radius 2 is 1.75 bits per heavy atom. The zero-order valence-corrected chi connectivity index (χ0v) is 13.4. The molecule has 0 aliphatic carbocycles. The molecule has 0 saturated heterocycles. The van der Waals surface area contributed by atoms with E-state index in [1.165, 1.54) is 13.1 Å². The van der Waals surface area contributed by atoms with E-state index in [2.05, 4.69) is 9.97 Å². The van der Waals surface area contributed by atoms with Crippen molar-refractivity contribution < 1.29 is 19.4 Å². The van der Waals surface area contributed by atoms with Crippen molar-refractivity contribution in [3.05, 3.63) is 53.8 Å². The van der Waals surface area contributed by atoms with E-state index < -0.39 is 12.1 Å². The summed E-state index contributed by atoms with van der Waals surface area (Å²) in [5, 5.41) is 9.14. The van der Waals surface area contributed by atoms with Gasteiger partial charge in [0.05, 0.1) is 17.2 Å². The summed E-state index contributed by atoms with van der Waals surface area (Å²) in [5.41, 5.74) is 1.35. The van der Waals surface area contributed by atoms with E-state index in [1.807, 2.05) is 0 Å². The van der Waals surface area contributed by atoms with Crippen molar-refractivity contribution in [1.82, 2.24) is 9.97 Å². The number of nitrogens with zero attached hydrogens (tertiary/aromatic N) is 2. The van der Waals surface area contributed by atoms with E-state index in [4.69, 9.17) is 26.2 Å². The van der Waals surface area contributed by atoms with Gasteiger partial charge in [-0.3, -0.25) is 4.98 Å². The molecule has 0 spiro atoms. The molecule has 3 rings (SSSR count). The summed E-state index contributed by atoms with van der Waals surface area (Å²) in [6.07, 6.45) is 0.571. The average Bonchev–Trinajstić information content (AvgIpc) is 2.56. The number of fused-ring (bicyclic) bond motifs is 1. The lowest BCUT2D eigenvalue weighted by Crippen LogP contribution is -2.22. The van der Waals surface area contributed by atoms with Crippen molar-refractivity contribution in [1.29, 1.82) is 0 Å². The smallest absolute Gasteiger partial charge is 0.344 e. The molecule has 24 heavy (non-hydrogen) atoms. The first-order valence-corrected chi connectivity index (χ1v) is 7.49. The number of halogens is 1. The summed E-state index contributed by atoms with van der Waals surface area (Å²) in [6, 6.07) is 12.0. The second-order valence-corrected chi connectivity index (χ2v) is 5.40. The SMILES string of the molecule is C[C@@H](Oc1ccc(Oc2ccc3ncc(Cl)nc3c2)cc1)C(=O)O. The summed E-state index contributed by atoms with van der Waals surface area (Å²) < 4.78 is 11.0. The molecule has 122 valence electrons. The molecule has 3 aromatic rings. The maximum Gasteiger partial charge on any atom is 0.344 e. The number of benzene rings is 2. The Kier molecular flexibility index (Phi) is 4.48. The van der Waals surface area contributed by atoms with Gasteiger partial charge in [-0.05, 0) is 43.3 Å². The first-order chi connectivity index (χ1) is 11.5. The van der Waals surface area contributed by atoms with E-state index in [0.717, 1.165) is 5.52 Å². The van der Waals surface area contributed by atoms with Gasteiger partial charge in [-0.15, -0.1) is 0 Å². The number of hydrogen-bond acceptors (Lipinski definition) is 5. The van der Waals surface area contributed by atoms with Gasteiger partial charge in [-0.25, -0.2) is 9.78 Å². The maximum atomic E-state index is 10.8. The van der Waals surface area contributed by atoms with Gasteiger partial charge in [-0.1, -0.05) is 11.6 Å². The highest BCUT2D eigenvalue weighted by molar-refractivity contribution is 6.29. The summed E-state index contributed by atoms with van der Waals surface area (Å²) in [7, 11) is 0. The normalized spacial score (nSPS) is 11.9. The van der Waals surface area contributed by atoms with Crippen LogP contribution in [0, 0.1) is 0 Å². The molecule has 0 bridgehead atoms. The summed E-state index contributed by atoms with van der Waals surface area (Å²) >= 11 is 5.84. The van der Waals surface area contributed by atoms with Gasteiger partial charge >= 0.3 is 5.97 Å². The van der Waals surface area contributed by atoms with Crippen molar-refractivity contribution in [3.8, 4) is 17.2 Å². The molecule has 0 amide bonds. The van der Waals surface area contributed by atoms with Crippen LogP contribution >= 0.6 is 11.6 Å². The lowest BCUT2D eigenvalue weighted by Gasteiger charge is -2.11. The molecule has 1 heterocycles. The minimum atomic E-state index is -1.02. The summed E-state index contributed by atoms with van der Waals surface area (Å²) in [6.45, 7) is 1.47. The predicted molar refractivity (Wildman–Crippen MR) is 88.8 cm³/mol. The zero-order valence-electron chi connectivity index (χ0n) is 12.6. The third kappa shape index (κ3) is 3.72. The third-order valence-electron chi connectivity index (χ3n) is 3.20. The van der Waals surface area contributed by atoms with Crippen LogP contribution in [0.1, 0.15) is 6.92 Å². The van der Waals surface area contributed by atoms with Crippen LogP contribution in [0.15, 0.2) is 48.7 Å². The minimum absolute atomic E-state index is 0.314. The monoisotopic (exact) mass is 344 g/mol. The Hall–Kier alpha value is -2.86. The predicted octanol–water partition coefficient (Wildman–Crippen LogP) is 3.93. The molecule has 0 aliphatic rings. The average molecular weight is 345 g/mol. The second kappa shape index (κ2) is 6.72. The maximum absolute atomic E-state index is 10.8. The number of carbonyl (C=O) groups is 1. The molecule has 6 nitrogen and oxygen atoms in total. The fourth-order valence-electron chi connectivity index (χ4n) is 2.01. The van der Waals surface area contributed by atoms with E-state index in [0.29, 0.717) is 27.9 Å². The van der Waals surface area contributed by atoms with Crippen molar-refractivity contribution in [2.45, 2.75) is 13.0 Å². The van der Waals surface area contributed by atoms with Crippen LogP contribution in [0.3, 0.4) is 0 Å². The van der Waals surface area contributed by atoms with Crippen LogP contribution < -0.4 is 9.47 Å². The highest BCUT2D eigenvalue weighted by Gasteiger charge is 2.12. The second-order valence-electron chi connectivity index (χ2n) is 5.02. The van der Waals surface area contributed by atoms with E-state index >= 15 is 0 Å². The first kappa shape index (κ1) is 16.0. The largest absolute Gasteiger partial charge is 0.479 e. The van der Waals surface area contributed by atoms with Gasteiger partial charge < -0.3 is 14.6 Å². The molecular formula is C17H13ClN2O4. The van der Waals surface area contributed by atoms with Crippen LogP contribution in [-0.4, -0.2) is 27.1 Å². The third-order valence-corrected chi connectivity index (χ3v) is 3.39. The van der Waals surface area contributed by atoms with Crippen LogP contribution in [0.25, 0.3) is 11.0 Å². The summed E-state index contributed by atoms with van der Waals surface area (Å²) in [5.74, 6) is 0.603. The van der Waals surface area contributed by atoms with Crippen molar-refractivity contribution in [2.24, 2.45) is 0 Å². The van der Waals surface area contributed by atoms with Crippen molar-refractivity contribution in [2.75, 3.05) is 0 Å². The Bertz CT molecular complexity index is 883. The number of carboxylic acids is 1. The molecule has 0 fully saturated rings. The van der Waals surface area contributed by atoms with Gasteiger partial charge in [0.15, 0.2) is 6.10 Å². The topological polar surface area (TPSA) is 81.5 Å². The van der Waals surface area contributed by atoms with Gasteiger partial charge in [0.1, 0.15) is 22.4 Å². The number of hydrogen-bond donors (Lipinski definition) is 1. The molecule has 2 aromatic carbocycles. The molecule has 0 unspecified atom stereocenters. The lowest BCUT2D eigenvalue weighted by molar-refractivity contribution is -0.144. The molecule has 7 heteroatoms. The van der Waals surface area contributed by atoms with Crippen LogP contribution in [0.5, 0.6) is 17.2 Å². The molecule has 1 N–H and O–H groups in total. The van der Waals surface area contributed by atoms with Gasteiger partial charge in [-0.2, -0.15) is 0 Å². The Balaban J connectivity index is 1.75. The number of ether oxygens (including phenoxy) is 2. The first-order valence-electron chi connectivity index (χ1n) is 7.11. The molecular weight excluding hydrogens is 332 g/mol. The number of carboxylic acid groups (broad SMARTS) is 1. The van der Waals surface area contributed by atoms with Gasteiger partial charge in [0.2, 0.25) is 0 Å². The van der Waals surface area contributed by atoms with Crippen LogP contribution in [0.2, 0.25) is 5.15 Å². The zero-order chi connectivity index (χ0) is 17.1. The number of rotatable bonds is 5. The number of aromatic nitrogens is 2. The summed E-state index contributed by atoms with van der Waals surface area (Å²) in [4.78, 5) is 19.1. The molecule has 0 radical (unpaired) electrons. The fraction of sp³-hybridized carbons (Fsp3) is 0.118. The quantitative estimate of drug-likeness (QED) is 0.755. The lowest BCUT2D eigenvalue weighted by atomic mass is 10.2. The molecule has 0 saturated carbocycles. The molecule has 1 aromatic heterocycles. The van der Waals surface area contributed by atoms with Crippen molar-refractivity contribution >= 4 is 28.6 Å². The minimum Gasteiger partial charge on any atom is -0.479 e. The standard InChI is InChI=1S/C17H13ClN2O4/c1-10(17(21)22)23-11-2-4-12(5-3-11)24-13-6-7-14-15(8-13)20-16(18)9-19-14/h2-10H,1H3,(H,21,22)/t10-/m1/s1. The fourth-order valence-corrected chi connectivity index (χ4v) is 2.15. The highest BCUT2D eigenvalue weighted by Crippen LogP contribution is 2.26. The van der Waals surface area contributed by atoms with Crippen LogP contribution in [-0.2, 0) is 4.79 Å². The molecule has 0 aliphatic heterocycles. The van der Waals surface area contributed by atoms with E-state index in [-0.39, 0.29) is 0 Å². The van der Waals surface area contributed by atoms with Crippen LogP contribution in [0.4, 0.5) is 0 Å². The Morgan fingerprint density at radius 3 is 2.46 bits per heavy atom. The van der Waals surface area contributed by atoms with Gasteiger partial charge in [0, 0.05) is 6.07 Å². The van der Waals surface area contributed by atoms with E-state index in [1.54, 1.807) is 42.5 Å². The van der Waals surface area contributed by atoms with E-state index in [9.17, 15) is 4.79 Å². The van der Waals surface area contributed by atoms with Crippen molar-refractivity contribution in [3.63, 3.8) is 0 Å².